The smallest absolute Gasteiger partial charge is 0.263 e. The zero-order chi connectivity index (χ0) is 21.8. The number of aromatic nitrogens is 1. The van der Waals surface area contributed by atoms with Gasteiger partial charge in [-0.2, -0.15) is 0 Å². The Morgan fingerprint density at radius 1 is 0.935 bits per heavy atom. The van der Waals surface area contributed by atoms with Gasteiger partial charge in [0.2, 0.25) is 0 Å². The number of hydrogen-bond donors (Lipinski definition) is 2. The molecule has 0 unspecified atom stereocenters. The van der Waals surface area contributed by atoms with Crippen molar-refractivity contribution in [2.24, 2.45) is 0 Å². The van der Waals surface area contributed by atoms with Crippen molar-refractivity contribution in [3.8, 4) is 5.75 Å². The molecule has 0 radical (unpaired) electrons. The molecule has 4 rings (SSSR count). The summed E-state index contributed by atoms with van der Waals surface area (Å²) in [6, 6.07) is 20.1. The van der Waals surface area contributed by atoms with Crippen LogP contribution >= 0.6 is 0 Å². The maximum Gasteiger partial charge on any atom is 0.263 e. The Morgan fingerprint density at radius 3 is 2.48 bits per heavy atom. The highest BCUT2D eigenvalue weighted by atomic mass is 16.5. The van der Waals surface area contributed by atoms with Crippen molar-refractivity contribution in [2.45, 2.75) is 13.8 Å². The van der Waals surface area contributed by atoms with Gasteiger partial charge in [-0.1, -0.05) is 41.6 Å². The SMILES string of the molecule is Cc1cccc(NC(=O)c2ccc(OCC(=O)Nc3cc(C)on3)c3ccccc23)c1. The summed E-state index contributed by atoms with van der Waals surface area (Å²) in [7, 11) is 0. The van der Waals surface area contributed by atoms with Gasteiger partial charge >= 0.3 is 0 Å². The summed E-state index contributed by atoms with van der Waals surface area (Å²) >= 11 is 0. The van der Waals surface area contributed by atoms with E-state index in [1.54, 1.807) is 25.1 Å². The summed E-state index contributed by atoms with van der Waals surface area (Å²) in [5.74, 6) is 0.862. The second-order valence-corrected chi connectivity index (χ2v) is 7.14. The first-order chi connectivity index (χ1) is 15.0. The summed E-state index contributed by atoms with van der Waals surface area (Å²) in [6.07, 6.45) is 0. The van der Waals surface area contributed by atoms with Crippen LogP contribution in [0.4, 0.5) is 11.5 Å². The summed E-state index contributed by atoms with van der Waals surface area (Å²) in [5, 5.41) is 10.7. The molecule has 1 heterocycles. The molecule has 0 spiro atoms. The third-order valence-electron chi connectivity index (χ3n) is 4.66. The van der Waals surface area contributed by atoms with Gasteiger partial charge in [0.1, 0.15) is 11.5 Å². The molecule has 0 aliphatic heterocycles. The number of ether oxygens (including phenoxy) is 1. The van der Waals surface area contributed by atoms with E-state index in [9.17, 15) is 9.59 Å². The largest absolute Gasteiger partial charge is 0.483 e. The predicted octanol–water partition coefficient (Wildman–Crippen LogP) is 4.71. The van der Waals surface area contributed by atoms with E-state index in [0.29, 0.717) is 22.9 Å². The molecule has 0 saturated heterocycles. The van der Waals surface area contributed by atoms with Gasteiger partial charge in [0.15, 0.2) is 12.4 Å². The zero-order valence-electron chi connectivity index (χ0n) is 17.1. The number of anilines is 2. The Hall–Kier alpha value is -4.13. The maximum atomic E-state index is 12.9. The average molecular weight is 415 g/mol. The zero-order valence-corrected chi connectivity index (χ0v) is 17.1. The Labute approximate surface area is 179 Å². The van der Waals surface area contributed by atoms with E-state index < -0.39 is 0 Å². The number of carbonyl (C=O) groups is 2. The Balaban J connectivity index is 1.52. The van der Waals surface area contributed by atoms with Gasteiger partial charge in [-0.3, -0.25) is 9.59 Å². The minimum Gasteiger partial charge on any atom is -0.483 e. The third-order valence-corrected chi connectivity index (χ3v) is 4.66. The van der Waals surface area contributed by atoms with Crippen molar-refractivity contribution >= 4 is 34.1 Å². The number of aryl methyl sites for hydroxylation is 2. The van der Waals surface area contributed by atoms with Gasteiger partial charge in [-0.05, 0) is 49.1 Å². The molecule has 0 fully saturated rings. The minimum atomic E-state index is -0.362. The predicted molar refractivity (Wildman–Crippen MR) is 118 cm³/mol. The van der Waals surface area contributed by atoms with Crippen LogP contribution in [0.3, 0.4) is 0 Å². The quantitative estimate of drug-likeness (QED) is 0.475. The summed E-state index contributed by atoms with van der Waals surface area (Å²) < 4.78 is 10.7. The van der Waals surface area contributed by atoms with E-state index in [0.717, 1.165) is 22.0 Å². The molecule has 2 amide bonds. The van der Waals surface area contributed by atoms with Gasteiger partial charge in [-0.25, -0.2) is 0 Å². The molecule has 156 valence electrons. The number of benzene rings is 3. The molecule has 0 aliphatic rings. The standard InChI is InChI=1S/C24H21N3O4/c1-15-6-5-7-17(12-15)25-24(29)20-10-11-21(19-9-4-3-8-18(19)20)30-14-23(28)26-22-13-16(2)31-27-22/h3-13H,14H2,1-2H3,(H,25,29)(H,26,27,28). The Bertz CT molecular complexity index is 1260. The first-order valence-corrected chi connectivity index (χ1v) is 9.75. The lowest BCUT2D eigenvalue weighted by Crippen LogP contribution is -2.20. The molecule has 2 N–H and O–H groups in total. The normalized spacial score (nSPS) is 10.6. The Kier molecular flexibility index (Phi) is 5.66. The molecule has 31 heavy (non-hydrogen) atoms. The van der Waals surface area contributed by atoms with Gasteiger partial charge in [0, 0.05) is 22.7 Å². The Morgan fingerprint density at radius 2 is 1.74 bits per heavy atom. The van der Waals surface area contributed by atoms with E-state index in [1.165, 1.54) is 0 Å². The van der Waals surface area contributed by atoms with Crippen molar-refractivity contribution in [1.29, 1.82) is 0 Å². The fraction of sp³-hybridized carbons (Fsp3) is 0.125. The molecule has 0 saturated carbocycles. The number of nitrogens with zero attached hydrogens (tertiary/aromatic N) is 1. The van der Waals surface area contributed by atoms with E-state index in [-0.39, 0.29) is 18.4 Å². The first-order valence-electron chi connectivity index (χ1n) is 9.75. The van der Waals surface area contributed by atoms with Crippen molar-refractivity contribution < 1.29 is 18.8 Å². The summed E-state index contributed by atoms with van der Waals surface area (Å²) in [6.45, 7) is 3.50. The van der Waals surface area contributed by atoms with Crippen LogP contribution in [0.15, 0.2) is 71.3 Å². The number of fused-ring (bicyclic) bond motifs is 1. The third kappa shape index (κ3) is 4.72. The van der Waals surface area contributed by atoms with Crippen molar-refractivity contribution in [2.75, 3.05) is 17.2 Å². The molecular formula is C24H21N3O4. The molecule has 0 bridgehead atoms. The lowest BCUT2D eigenvalue weighted by molar-refractivity contribution is -0.118. The minimum absolute atomic E-state index is 0.204. The topological polar surface area (TPSA) is 93.5 Å². The number of rotatable bonds is 6. The van der Waals surface area contributed by atoms with Crippen LogP contribution in [0, 0.1) is 13.8 Å². The van der Waals surface area contributed by atoms with Gasteiger partial charge in [0.25, 0.3) is 11.8 Å². The molecular weight excluding hydrogens is 394 g/mol. The summed E-state index contributed by atoms with van der Waals surface area (Å²) in [5.41, 5.74) is 2.31. The van der Waals surface area contributed by atoms with Crippen LogP contribution in [-0.2, 0) is 4.79 Å². The van der Waals surface area contributed by atoms with Crippen molar-refractivity contribution in [3.05, 3.63) is 83.6 Å². The number of amides is 2. The molecule has 0 atom stereocenters. The van der Waals surface area contributed by atoms with Gasteiger partial charge in [-0.15, -0.1) is 0 Å². The second-order valence-electron chi connectivity index (χ2n) is 7.14. The van der Waals surface area contributed by atoms with Gasteiger partial charge < -0.3 is 19.9 Å². The van der Waals surface area contributed by atoms with Crippen LogP contribution < -0.4 is 15.4 Å². The molecule has 1 aromatic heterocycles. The average Bonchev–Trinajstić information content (AvgIpc) is 3.16. The summed E-state index contributed by atoms with van der Waals surface area (Å²) in [4.78, 5) is 25.0. The van der Waals surface area contributed by atoms with E-state index in [4.69, 9.17) is 9.26 Å². The maximum absolute atomic E-state index is 12.9. The molecule has 3 aromatic carbocycles. The van der Waals surface area contributed by atoms with Crippen molar-refractivity contribution in [1.82, 2.24) is 5.16 Å². The highest BCUT2D eigenvalue weighted by Gasteiger charge is 2.15. The van der Waals surface area contributed by atoms with Crippen molar-refractivity contribution in [3.63, 3.8) is 0 Å². The fourth-order valence-corrected chi connectivity index (χ4v) is 3.26. The van der Waals surface area contributed by atoms with E-state index >= 15 is 0 Å². The second kappa shape index (κ2) is 8.71. The van der Waals surface area contributed by atoms with Crippen LogP contribution in [0.25, 0.3) is 10.8 Å². The van der Waals surface area contributed by atoms with Gasteiger partial charge in [0.05, 0.1) is 0 Å². The highest BCUT2D eigenvalue weighted by molar-refractivity contribution is 6.14. The molecule has 7 heteroatoms. The number of carbonyl (C=O) groups excluding carboxylic acids is 2. The highest BCUT2D eigenvalue weighted by Crippen LogP contribution is 2.29. The number of nitrogens with one attached hydrogen (secondary N) is 2. The van der Waals surface area contributed by atoms with Crippen LogP contribution in [0.5, 0.6) is 5.75 Å². The van der Waals surface area contributed by atoms with Crippen LogP contribution in [0.2, 0.25) is 0 Å². The monoisotopic (exact) mass is 415 g/mol. The van der Waals surface area contributed by atoms with Crippen LogP contribution in [0.1, 0.15) is 21.7 Å². The lowest BCUT2D eigenvalue weighted by Gasteiger charge is -2.13. The molecule has 4 aromatic rings. The molecule has 7 nitrogen and oxygen atoms in total. The van der Waals surface area contributed by atoms with E-state index in [1.807, 2.05) is 55.5 Å². The number of hydrogen-bond acceptors (Lipinski definition) is 5. The van der Waals surface area contributed by atoms with E-state index in [2.05, 4.69) is 15.8 Å². The molecule has 0 aliphatic carbocycles. The lowest BCUT2D eigenvalue weighted by atomic mass is 10.0. The van der Waals surface area contributed by atoms with Crippen LogP contribution in [-0.4, -0.2) is 23.6 Å². The first kappa shape index (κ1) is 20.2. The fourth-order valence-electron chi connectivity index (χ4n) is 3.26.